The van der Waals surface area contributed by atoms with E-state index in [2.05, 4.69) is 10.2 Å². The number of rotatable bonds is 1. The highest BCUT2D eigenvalue weighted by molar-refractivity contribution is 6.32. The van der Waals surface area contributed by atoms with E-state index in [1.807, 2.05) is 0 Å². The first-order chi connectivity index (χ1) is 4.70. The molecule has 10 heavy (non-hydrogen) atoms. The monoisotopic (exact) mass is 150 g/mol. The molecule has 3 nitrogen and oxygen atoms in total. The molecule has 0 spiro atoms. The van der Waals surface area contributed by atoms with Gasteiger partial charge in [0.15, 0.2) is 0 Å². The molecule has 0 aromatic heterocycles. The molecule has 3 radical (unpaired) electrons. The fraction of sp³-hybridized carbons (Fsp3) is 0. The third-order valence-electron chi connectivity index (χ3n) is 1.06. The zero-order valence-electron chi connectivity index (χ0n) is 5.07. The van der Waals surface area contributed by atoms with Gasteiger partial charge < -0.3 is 0 Å². The van der Waals surface area contributed by atoms with Crippen molar-refractivity contribution in [2.24, 2.45) is 0 Å². The first-order valence-electron chi connectivity index (χ1n) is 2.66. The van der Waals surface area contributed by atoms with Crippen LogP contribution in [0.25, 0.3) is 0 Å². The average Bonchev–Trinajstić information content (AvgIpc) is 1.88. The van der Waals surface area contributed by atoms with Crippen molar-refractivity contribution in [3.8, 4) is 0 Å². The maximum Gasteiger partial charge on any atom is 0.269 e. The van der Waals surface area contributed by atoms with E-state index in [4.69, 9.17) is 0 Å². The molecule has 0 N–H and O–H groups in total. The molecule has 0 aliphatic rings. The van der Waals surface area contributed by atoms with E-state index in [1.165, 1.54) is 12.1 Å². The van der Waals surface area contributed by atoms with Gasteiger partial charge in [-0.25, -0.2) is 0 Å². The van der Waals surface area contributed by atoms with Crippen molar-refractivity contribution in [2.75, 3.05) is 0 Å². The molecule has 0 unspecified atom stereocenters. The van der Waals surface area contributed by atoms with Crippen LogP contribution in [-0.4, -0.2) is 15.2 Å². The lowest BCUT2D eigenvalue weighted by Gasteiger charge is -1.90. The van der Waals surface area contributed by atoms with Gasteiger partial charge in [-0.15, -0.1) is 0 Å². The first-order valence-corrected chi connectivity index (χ1v) is 3.16. The molecule has 49 valence electrons. The minimum Gasteiger partial charge on any atom is -0.258 e. The van der Waals surface area contributed by atoms with Gasteiger partial charge in [0.05, 0.1) is 15.2 Å². The summed E-state index contributed by atoms with van der Waals surface area (Å²) in [7, 11) is 3.17. The van der Waals surface area contributed by atoms with Gasteiger partial charge in [-0.2, -0.15) is 0 Å². The minimum absolute atomic E-state index is 0.104. The lowest BCUT2D eigenvalue weighted by molar-refractivity contribution is -0.384. The van der Waals surface area contributed by atoms with Gasteiger partial charge in [0.25, 0.3) is 5.69 Å². The molecule has 0 aliphatic heterocycles. The third-order valence-corrected chi connectivity index (χ3v) is 1.37. The predicted octanol–water partition coefficient (Wildman–Crippen LogP) is 0.389. The van der Waals surface area contributed by atoms with Gasteiger partial charge in [0, 0.05) is 12.1 Å². The number of hydrogen-bond donors (Lipinski definition) is 0. The van der Waals surface area contributed by atoms with Crippen LogP contribution in [0.2, 0.25) is 0 Å². The van der Waals surface area contributed by atoms with Gasteiger partial charge >= 0.3 is 0 Å². The number of non-ortho nitro benzene ring substituents is 1. The van der Waals surface area contributed by atoms with Crippen LogP contribution in [-0.2, 0) is 0 Å². The molecule has 0 fully saturated rings. The highest BCUT2D eigenvalue weighted by atomic mass is 28.1. The molecule has 1 rings (SSSR count). The normalized spacial score (nSPS) is 9.30. The highest BCUT2D eigenvalue weighted by Crippen LogP contribution is 2.05. The topological polar surface area (TPSA) is 43.1 Å². The summed E-state index contributed by atoms with van der Waals surface area (Å²) in [6.07, 6.45) is 0. The summed E-state index contributed by atoms with van der Waals surface area (Å²) < 4.78 is 0. The smallest absolute Gasteiger partial charge is 0.258 e. The van der Waals surface area contributed by atoms with E-state index in [0.717, 1.165) is 0 Å². The van der Waals surface area contributed by atoms with Gasteiger partial charge in [-0.05, 0) is 0 Å². The molecule has 4 heteroatoms. The van der Waals surface area contributed by atoms with Crippen LogP contribution in [0.1, 0.15) is 0 Å². The standard InChI is InChI=1S/C6H4NO2Si/c8-7(9)5-2-1-3-6(10)4-5/h1-4H. The van der Waals surface area contributed by atoms with Crippen LogP contribution >= 0.6 is 0 Å². The van der Waals surface area contributed by atoms with Crippen LogP contribution in [0.4, 0.5) is 5.69 Å². The van der Waals surface area contributed by atoms with E-state index < -0.39 is 4.92 Å². The Kier molecular flexibility index (Phi) is 1.82. The van der Waals surface area contributed by atoms with E-state index in [0.29, 0.717) is 5.19 Å². The van der Waals surface area contributed by atoms with E-state index >= 15 is 0 Å². The van der Waals surface area contributed by atoms with Crippen molar-refractivity contribution < 1.29 is 4.92 Å². The second-order valence-electron chi connectivity index (χ2n) is 1.81. The molecule has 0 saturated carbocycles. The number of nitrogens with zero attached hydrogens (tertiary/aromatic N) is 1. The Balaban J connectivity index is 3.07. The molecule has 0 bridgehead atoms. The summed E-state index contributed by atoms with van der Waals surface area (Å²) >= 11 is 0. The Labute approximate surface area is 61.3 Å². The maximum absolute atomic E-state index is 10.1. The zero-order chi connectivity index (χ0) is 7.56. The number of hydrogen-bond acceptors (Lipinski definition) is 2. The summed E-state index contributed by atoms with van der Waals surface area (Å²) in [5.41, 5.74) is 0.104. The predicted molar refractivity (Wildman–Crippen MR) is 38.5 cm³/mol. The van der Waals surface area contributed by atoms with Crippen LogP contribution in [0.15, 0.2) is 24.3 Å². The SMILES string of the molecule is O=[N+]([O-])c1cccc([Si])c1. The van der Waals surface area contributed by atoms with Crippen LogP contribution in [0, 0.1) is 10.1 Å². The minimum atomic E-state index is -0.427. The summed E-state index contributed by atoms with van der Waals surface area (Å²) in [5, 5.41) is 10.9. The van der Waals surface area contributed by atoms with Gasteiger partial charge in [-0.3, -0.25) is 10.1 Å². The number of benzene rings is 1. The number of nitro groups is 1. The molecule has 0 heterocycles. The fourth-order valence-electron chi connectivity index (χ4n) is 0.619. The van der Waals surface area contributed by atoms with Crippen molar-refractivity contribution in [3.05, 3.63) is 34.4 Å². The number of nitro benzene ring substituents is 1. The second-order valence-corrected chi connectivity index (χ2v) is 2.38. The molecule has 0 saturated heterocycles. The van der Waals surface area contributed by atoms with Crippen molar-refractivity contribution >= 4 is 21.1 Å². The van der Waals surface area contributed by atoms with Crippen LogP contribution in [0.3, 0.4) is 0 Å². The molecule has 1 aromatic rings. The third kappa shape index (κ3) is 1.41. The van der Waals surface area contributed by atoms with Gasteiger partial charge in [0.1, 0.15) is 0 Å². The summed E-state index contributed by atoms with van der Waals surface area (Å²) in [6.45, 7) is 0. The van der Waals surface area contributed by atoms with Crippen molar-refractivity contribution in [3.63, 3.8) is 0 Å². The lowest BCUT2D eigenvalue weighted by Crippen LogP contribution is -2.01. The van der Waals surface area contributed by atoms with Crippen molar-refractivity contribution in [1.29, 1.82) is 0 Å². The van der Waals surface area contributed by atoms with E-state index in [-0.39, 0.29) is 5.69 Å². The molecule has 0 aliphatic carbocycles. The highest BCUT2D eigenvalue weighted by Gasteiger charge is 2.01. The fourth-order valence-corrected chi connectivity index (χ4v) is 0.864. The molecule has 0 amide bonds. The molecule has 0 atom stereocenters. The Morgan fingerprint density at radius 1 is 1.50 bits per heavy atom. The van der Waals surface area contributed by atoms with Gasteiger partial charge in [0.2, 0.25) is 0 Å². The Bertz CT molecular complexity index is 262. The average molecular weight is 150 g/mol. The van der Waals surface area contributed by atoms with E-state index in [1.54, 1.807) is 12.1 Å². The Morgan fingerprint density at radius 3 is 2.60 bits per heavy atom. The molecular weight excluding hydrogens is 146 g/mol. The van der Waals surface area contributed by atoms with E-state index in [9.17, 15) is 10.1 Å². The largest absolute Gasteiger partial charge is 0.269 e. The Morgan fingerprint density at radius 2 is 2.20 bits per heavy atom. The quantitative estimate of drug-likeness (QED) is 0.330. The van der Waals surface area contributed by atoms with Gasteiger partial charge in [-0.1, -0.05) is 17.3 Å². The Hall–Kier alpha value is -1.16. The first kappa shape index (κ1) is 6.95. The maximum atomic E-state index is 10.1. The van der Waals surface area contributed by atoms with Crippen LogP contribution < -0.4 is 5.19 Å². The van der Waals surface area contributed by atoms with Crippen LogP contribution in [0.5, 0.6) is 0 Å². The second kappa shape index (κ2) is 2.61. The lowest BCUT2D eigenvalue weighted by atomic mass is 10.3. The van der Waals surface area contributed by atoms with Crippen molar-refractivity contribution in [1.82, 2.24) is 0 Å². The summed E-state index contributed by atoms with van der Waals surface area (Å²) in [4.78, 5) is 9.71. The zero-order valence-corrected chi connectivity index (χ0v) is 6.07. The summed E-state index contributed by atoms with van der Waals surface area (Å²) in [5.74, 6) is 0. The summed E-state index contributed by atoms with van der Waals surface area (Å²) in [6, 6.07) is 6.27. The van der Waals surface area contributed by atoms with Crippen molar-refractivity contribution in [2.45, 2.75) is 0 Å². The molecular formula is C6H4NO2Si. The molecule has 1 aromatic carbocycles.